The van der Waals surface area contributed by atoms with Crippen LogP contribution in [-0.4, -0.2) is 24.8 Å². The van der Waals surface area contributed by atoms with Gasteiger partial charge in [-0.05, 0) is 55.5 Å². The van der Waals surface area contributed by atoms with Crippen molar-refractivity contribution >= 4 is 10.0 Å². The molecule has 3 rings (SSSR count). The van der Waals surface area contributed by atoms with E-state index in [-0.39, 0.29) is 17.7 Å². The standard InChI is InChI=1S/C20H25NO3S/c1-14(2)25(23,24)21-20-5-3-4-19(20)17-8-6-15(7-9-17)16-10-12-18(22)13-11-16/h6-14,19-22H,3-5H2,1-2H3/t19?,20-/m0/s1. The lowest BCUT2D eigenvalue weighted by Gasteiger charge is -2.22. The summed E-state index contributed by atoms with van der Waals surface area (Å²) in [5.41, 5.74) is 3.31. The van der Waals surface area contributed by atoms with Crippen LogP contribution >= 0.6 is 0 Å². The summed E-state index contributed by atoms with van der Waals surface area (Å²) in [7, 11) is -3.25. The van der Waals surface area contributed by atoms with Crippen molar-refractivity contribution in [1.29, 1.82) is 0 Å². The molecule has 0 amide bonds. The summed E-state index contributed by atoms with van der Waals surface area (Å²) in [5.74, 6) is 0.481. The minimum atomic E-state index is -3.25. The van der Waals surface area contributed by atoms with Gasteiger partial charge in [0.1, 0.15) is 5.75 Å². The monoisotopic (exact) mass is 359 g/mol. The Labute approximate surface area is 150 Å². The van der Waals surface area contributed by atoms with E-state index in [1.807, 2.05) is 12.1 Å². The Bertz CT molecular complexity index is 811. The molecule has 0 aromatic heterocycles. The van der Waals surface area contributed by atoms with Gasteiger partial charge in [-0.3, -0.25) is 0 Å². The third kappa shape index (κ3) is 4.05. The Morgan fingerprint density at radius 1 is 0.960 bits per heavy atom. The van der Waals surface area contributed by atoms with Gasteiger partial charge in [-0.1, -0.05) is 42.8 Å². The summed E-state index contributed by atoms with van der Waals surface area (Å²) in [5, 5.41) is 8.98. The maximum atomic E-state index is 12.2. The Hall–Kier alpha value is -1.85. The third-order valence-corrected chi connectivity index (χ3v) is 6.86. The molecule has 1 aliphatic rings. The van der Waals surface area contributed by atoms with Gasteiger partial charge in [-0.2, -0.15) is 0 Å². The van der Waals surface area contributed by atoms with Gasteiger partial charge >= 0.3 is 0 Å². The van der Waals surface area contributed by atoms with Crippen LogP contribution in [0.1, 0.15) is 44.6 Å². The van der Waals surface area contributed by atoms with Crippen molar-refractivity contribution in [3.63, 3.8) is 0 Å². The highest BCUT2D eigenvalue weighted by molar-refractivity contribution is 7.90. The zero-order chi connectivity index (χ0) is 18.0. The second-order valence-corrected chi connectivity index (χ2v) is 9.29. The summed E-state index contributed by atoms with van der Waals surface area (Å²) in [6, 6.07) is 15.4. The summed E-state index contributed by atoms with van der Waals surface area (Å²) in [4.78, 5) is 0. The average molecular weight is 359 g/mol. The molecule has 1 aliphatic carbocycles. The Morgan fingerprint density at radius 2 is 1.52 bits per heavy atom. The fourth-order valence-electron chi connectivity index (χ4n) is 3.42. The van der Waals surface area contributed by atoms with Crippen LogP contribution in [0.5, 0.6) is 5.75 Å². The molecule has 0 heterocycles. The molecule has 0 bridgehead atoms. The highest BCUT2D eigenvalue weighted by Gasteiger charge is 2.32. The van der Waals surface area contributed by atoms with Crippen molar-refractivity contribution in [2.75, 3.05) is 0 Å². The van der Waals surface area contributed by atoms with Crippen LogP contribution in [0, 0.1) is 0 Å². The normalized spacial score (nSPS) is 20.9. The van der Waals surface area contributed by atoms with Gasteiger partial charge in [0, 0.05) is 12.0 Å². The average Bonchev–Trinajstić information content (AvgIpc) is 3.03. The molecule has 1 fully saturated rings. The first-order chi connectivity index (χ1) is 11.9. The summed E-state index contributed by atoms with van der Waals surface area (Å²) in [6.07, 6.45) is 2.93. The van der Waals surface area contributed by atoms with E-state index in [9.17, 15) is 13.5 Å². The smallest absolute Gasteiger partial charge is 0.214 e. The van der Waals surface area contributed by atoms with Crippen LogP contribution in [0.4, 0.5) is 0 Å². The second kappa shape index (κ2) is 7.18. The fourth-order valence-corrected chi connectivity index (χ4v) is 4.40. The molecule has 134 valence electrons. The first kappa shape index (κ1) is 18.0. The quantitative estimate of drug-likeness (QED) is 0.847. The van der Waals surface area contributed by atoms with Gasteiger partial charge in [0.2, 0.25) is 10.0 Å². The number of rotatable bonds is 5. The molecule has 2 aromatic rings. The van der Waals surface area contributed by atoms with Crippen LogP contribution < -0.4 is 4.72 Å². The number of aromatic hydroxyl groups is 1. The number of nitrogens with one attached hydrogen (secondary N) is 1. The van der Waals surface area contributed by atoms with E-state index in [2.05, 4.69) is 29.0 Å². The fraction of sp³-hybridized carbons (Fsp3) is 0.400. The molecule has 0 radical (unpaired) electrons. The number of benzene rings is 2. The third-order valence-electron chi connectivity index (χ3n) is 4.99. The summed E-state index contributed by atoms with van der Waals surface area (Å²) >= 11 is 0. The van der Waals surface area contributed by atoms with Crippen molar-refractivity contribution < 1.29 is 13.5 Å². The van der Waals surface area contributed by atoms with Crippen LogP contribution in [0.3, 0.4) is 0 Å². The second-order valence-electron chi connectivity index (χ2n) is 7.02. The van der Waals surface area contributed by atoms with E-state index >= 15 is 0 Å². The van der Waals surface area contributed by atoms with E-state index in [1.165, 1.54) is 5.56 Å². The Morgan fingerprint density at radius 3 is 2.08 bits per heavy atom. The largest absolute Gasteiger partial charge is 0.508 e. The van der Waals surface area contributed by atoms with Crippen molar-refractivity contribution in [3.05, 3.63) is 54.1 Å². The maximum absolute atomic E-state index is 12.2. The maximum Gasteiger partial charge on any atom is 0.214 e. The molecular weight excluding hydrogens is 334 g/mol. The SMILES string of the molecule is CC(C)S(=O)(=O)N[C@H]1CCCC1c1ccc(-c2ccc(O)cc2)cc1. The number of hydrogen-bond acceptors (Lipinski definition) is 3. The molecule has 2 atom stereocenters. The van der Waals surface area contributed by atoms with Crippen molar-refractivity contribution in [1.82, 2.24) is 4.72 Å². The molecule has 0 aliphatic heterocycles. The molecule has 1 unspecified atom stereocenters. The van der Waals surface area contributed by atoms with E-state index in [0.717, 1.165) is 30.4 Å². The van der Waals surface area contributed by atoms with Gasteiger partial charge in [-0.25, -0.2) is 13.1 Å². The van der Waals surface area contributed by atoms with Crippen molar-refractivity contribution in [2.45, 2.75) is 50.3 Å². The minimum Gasteiger partial charge on any atom is -0.508 e. The molecule has 2 aromatic carbocycles. The first-order valence-corrected chi connectivity index (χ1v) is 10.3. The number of hydrogen-bond donors (Lipinski definition) is 2. The molecule has 5 heteroatoms. The number of sulfonamides is 1. The zero-order valence-corrected chi connectivity index (χ0v) is 15.5. The number of phenolic OH excluding ortho intramolecular Hbond substituents is 1. The topological polar surface area (TPSA) is 66.4 Å². The van der Waals surface area contributed by atoms with Gasteiger partial charge in [-0.15, -0.1) is 0 Å². The van der Waals surface area contributed by atoms with Crippen LogP contribution in [-0.2, 0) is 10.0 Å². The van der Waals surface area contributed by atoms with Crippen LogP contribution in [0.15, 0.2) is 48.5 Å². The van der Waals surface area contributed by atoms with Crippen LogP contribution in [0.2, 0.25) is 0 Å². The number of phenols is 1. The zero-order valence-electron chi connectivity index (χ0n) is 14.6. The van der Waals surface area contributed by atoms with Gasteiger partial charge in [0.15, 0.2) is 0 Å². The molecule has 2 N–H and O–H groups in total. The lowest BCUT2D eigenvalue weighted by atomic mass is 9.93. The van der Waals surface area contributed by atoms with Crippen LogP contribution in [0.25, 0.3) is 11.1 Å². The van der Waals surface area contributed by atoms with Crippen molar-refractivity contribution in [3.8, 4) is 16.9 Å². The van der Waals surface area contributed by atoms with E-state index in [1.54, 1.807) is 26.0 Å². The van der Waals surface area contributed by atoms with Crippen molar-refractivity contribution in [2.24, 2.45) is 0 Å². The highest BCUT2D eigenvalue weighted by Crippen LogP contribution is 2.36. The predicted octanol–water partition coefficient (Wildman–Crippen LogP) is 4.02. The van der Waals surface area contributed by atoms with Gasteiger partial charge in [0.25, 0.3) is 0 Å². The van der Waals surface area contributed by atoms with E-state index < -0.39 is 15.3 Å². The predicted molar refractivity (Wildman–Crippen MR) is 101 cm³/mol. The Balaban J connectivity index is 1.78. The van der Waals surface area contributed by atoms with E-state index in [0.29, 0.717) is 0 Å². The Kier molecular flexibility index (Phi) is 5.16. The molecule has 1 saturated carbocycles. The minimum absolute atomic E-state index is 0.0214. The lowest BCUT2D eigenvalue weighted by molar-refractivity contribution is 0.475. The molecular formula is C20H25NO3S. The highest BCUT2D eigenvalue weighted by atomic mass is 32.2. The molecule has 25 heavy (non-hydrogen) atoms. The van der Waals surface area contributed by atoms with Gasteiger partial charge < -0.3 is 5.11 Å². The van der Waals surface area contributed by atoms with E-state index in [4.69, 9.17) is 0 Å². The molecule has 0 saturated heterocycles. The lowest BCUT2D eigenvalue weighted by Crippen LogP contribution is -2.40. The van der Waals surface area contributed by atoms with Gasteiger partial charge in [0.05, 0.1) is 5.25 Å². The molecule has 0 spiro atoms. The summed E-state index contributed by atoms with van der Waals surface area (Å²) in [6.45, 7) is 3.41. The molecule has 4 nitrogen and oxygen atoms in total. The first-order valence-electron chi connectivity index (χ1n) is 8.77. The summed E-state index contributed by atoms with van der Waals surface area (Å²) < 4.78 is 27.3.